The lowest BCUT2D eigenvalue weighted by Gasteiger charge is -2.28. The van der Waals surface area contributed by atoms with Gasteiger partial charge in [-0.1, -0.05) is 31.5 Å². The Balaban J connectivity index is 1.75. The number of nitrogens with one attached hydrogen (secondary N) is 1. The highest BCUT2D eigenvalue weighted by atomic mass is 35.5. The molecule has 0 saturated heterocycles. The summed E-state index contributed by atoms with van der Waals surface area (Å²) in [6.07, 6.45) is 5.08. The van der Waals surface area contributed by atoms with Gasteiger partial charge in [-0.2, -0.15) is 0 Å². The molecule has 1 aromatic heterocycles. The molecular weight excluding hydrogens is 329 g/mol. The van der Waals surface area contributed by atoms with E-state index in [4.69, 9.17) is 11.6 Å². The summed E-state index contributed by atoms with van der Waals surface area (Å²) in [5.74, 6) is 0.435. The van der Waals surface area contributed by atoms with Crippen LogP contribution in [-0.4, -0.2) is 15.5 Å². The van der Waals surface area contributed by atoms with Crippen molar-refractivity contribution in [2.45, 2.75) is 39.3 Å². The summed E-state index contributed by atoms with van der Waals surface area (Å²) < 4.78 is 16.3. The molecule has 0 radical (unpaired) electrons. The number of carbonyl (C=O) groups is 1. The molecule has 3 rings (SSSR count). The Labute approximate surface area is 146 Å². The molecule has 0 aliphatic carbocycles. The second-order valence-electron chi connectivity index (χ2n) is 6.62. The van der Waals surface area contributed by atoms with Crippen LogP contribution in [0.1, 0.15) is 37.7 Å². The van der Waals surface area contributed by atoms with Crippen LogP contribution in [0.3, 0.4) is 0 Å². The summed E-state index contributed by atoms with van der Waals surface area (Å²) in [4.78, 5) is 17.0. The zero-order chi connectivity index (χ0) is 17.3. The SMILES string of the molecule is CC(C)[C@H](NC(=O)[C@H]1CCn2ccnc2C1)c1ccc(Cl)cc1F. The minimum absolute atomic E-state index is 0.0442. The Bertz CT molecular complexity index is 744. The van der Waals surface area contributed by atoms with Crippen molar-refractivity contribution >= 4 is 17.5 Å². The number of imidazole rings is 1. The molecule has 0 bridgehead atoms. The maximum atomic E-state index is 14.3. The minimum atomic E-state index is -0.388. The second kappa shape index (κ2) is 6.93. The van der Waals surface area contributed by atoms with Crippen molar-refractivity contribution in [1.29, 1.82) is 0 Å². The monoisotopic (exact) mass is 349 g/mol. The third-order valence-electron chi connectivity index (χ3n) is 4.58. The number of fused-ring (bicyclic) bond motifs is 1. The Morgan fingerprint density at radius 2 is 2.25 bits per heavy atom. The van der Waals surface area contributed by atoms with Crippen molar-refractivity contribution in [2.75, 3.05) is 0 Å². The van der Waals surface area contributed by atoms with Crippen molar-refractivity contribution in [3.05, 3.63) is 52.8 Å². The molecule has 1 aliphatic heterocycles. The molecule has 24 heavy (non-hydrogen) atoms. The van der Waals surface area contributed by atoms with Gasteiger partial charge in [0, 0.05) is 41.9 Å². The first-order valence-corrected chi connectivity index (χ1v) is 8.59. The summed E-state index contributed by atoms with van der Waals surface area (Å²) in [6.45, 7) is 4.72. The van der Waals surface area contributed by atoms with Gasteiger partial charge in [0.15, 0.2) is 0 Å². The highest BCUT2D eigenvalue weighted by molar-refractivity contribution is 6.30. The molecule has 6 heteroatoms. The van der Waals surface area contributed by atoms with Gasteiger partial charge >= 0.3 is 0 Å². The number of aryl methyl sites for hydroxylation is 1. The van der Waals surface area contributed by atoms with E-state index in [2.05, 4.69) is 14.9 Å². The number of nitrogens with zero attached hydrogens (tertiary/aromatic N) is 2. The van der Waals surface area contributed by atoms with Gasteiger partial charge in [-0.15, -0.1) is 0 Å². The van der Waals surface area contributed by atoms with Crippen molar-refractivity contribution in [3.8, 4) is 0 Å². The molecule has 1 amide bonds. The third-order valence-corrected chi connectivity index (χ3v) is 4.82. The number of amides is 1. The highest BCUT2D eigenvalue weighted by Gasteiger charge is 2.29. The van der Waals surface area contributed by atoms with Crippen LogP contribution in [0.25, 0.3) is 0 Å². The second-order valence-corrected chi connectivity index (χ2v) is 7.06. The molecule has 2 aromatic rings. The van der Waals surface area contributed by atoms with Crippen molar-refractivity contribution < 1.29 is 9.18 Å². The van der Waals surface area contributed by atoms with Gasteiger partial charge in [0.2, 0.25) is 5.91 Å². The average Bonchev–Trinajstić information content (AvgIpc) is 3.00. The standard InChI is InChI=1S/C18H21ClFN3O/c1-11(2)17(14-4-3-13(19)10-15(14)20)22-18(24)12-5-7-23-8-6-21-16(23)9-12/h3-4,6,8,10-12,17H,5,7,9H2,1-2H3,(H,22,24)/t12-,17-/m0/s1. The smallest absolute Gasteiger partial charge is 0.224 e. The molecule has 0 fully saturated rings. The van der Waals surface area contributed by atoms with E-state index in [9.17, 15) is 9.18 Å². The predicted octanol–water partition coefficient (Wildman–Crippen LogP) is 3.75. The first-order chi connectivity index (χ1) is 11.5. The Hall–Kier alpha value is -1.88. The predicted molar refractivity (Wildman–Crippen MR) is 91.2 cm³/mol. The van der Waals surface area contributed by atoms with E-state index < -0.39 is 0 Å². The van der Waals surface area contributed by atoms with Crippen LogP contribution in [0, 0.1) is 17.7 Å². The van der Waals surface area contributed by atoms with Crippen molar-refractivity contribution in [2.24, 2.45) is 11.8 Å². The molecule has 4 nitrogen and oxygen atoms in total. The molecule has 0 spiro atoms. The van der Waals surface area contributed by atoms with Crippen LogP contribution in [-0.2, 0) is 17.8 Å². The van der Waals surface area contributed by atoms with E-state index in [1.807, 2.05) is 20.0 Å². The molecule has 1 N–H and O–H groups in total. The summed E-state index contributed by atoms with van der Waals surface area (Å²) in [7, 11) is 0. The maximum absolute atomic E-state index is 14.3. The molecular formula is C18H21ClFN3O. The summed E-state index contributed by atoms with van der Waals surface area (Å²) >= 11 is 5.83. The Morgan fingerprint density at radius 1 is 1.46 bits per heavy atom. The van der Waals surface area contributed by atoms with Crippen LogP contribution in [0.2, 0.25) is 5.02 Å². The van der Waals surface area contributed by atoms with Gasteiger partial charge in [-0.05, 0) is 24.5 Å². The van der Waals surface area contributed by atoms with Crippen LogP contribution < -0.4 is 5.32 Å². The molecule has 1 aromatic carbocycles. The minimum Gasteiger partial charge on any atom is -0.349 e. The van der Waals surface area contributed by atoms with E-state index in [1.165, 1.54) is 6.07 Å². The van der Waals surface area contributed by atoms with E-state index in [-0.39, 0.29) is 29.6 Å². The van der Waals surface area contributed by atoms with Crippen molar-refractivity contribution in [1.82, 2.24) is 14.9 Å². The fraction of sp³-hybridized carbons (Fsp3) is 0.444. The van der Waals surface area contributed by atoms with E-state index in [0.29, 0.717) is 17.0 Å². The van der Waals surface area contributed by atoms with E-state index >= 15 is 0 Å². The third kappa shape index (κ3) is 3.46. The summed E-state index contributed by atoms with van der Waals surface area (Å²) in [5, 5.41) is 3.38. The van der Waals surface area contributed by atoms with Gasteiger partial charge in [0.1, 0.15) is 11.6 Å². The van der Waals surface area contributed by atoms with E-state index in [0.717, 1.165) is 18.8 Å². The zero-order valence-corrected chi connectivity index (χ0v) is 14.6. The molecule has 0 unspecified atom stereocenters. The topological polar surface area (TPSA) is 46.9 Å². The Kier molecular flexibility index (Phi) is 4.90. The molecule has 128 valence electrons. The number of hydrogen-bond acceptors (Lipinski definition) is 2. The lowest BCUT2D eigenvalue weighted by molar-refractivity contribution is -0.126. The van der Waals surface area contributed by atoms with Gasteiger partial charge in [-0.3, -0.25) is 4.79 Å². The Morgan fingerprint density at radius 3 is 2.96 bits per heavy atom. The van der Waals surface area contributed by atoms with Crippen LogP contribution >= 0.6 is 11.6 Å². The molecule has 1 aliphatic rings. The highest BCUT2D eigenvalue weighted by Crippen LogP contribution is 2.28. The van der Waals surface area contributed by atoms with Crippen LogP contribution in [0.15, 0.2) is 30.6 Å². The summed E-state index contributed by atoms with van der Waals surface area (Å²) in [6, 6.07) is 4.21. The largest absolute Gasteiger partial charge is 0.349 e. The number of halogens is 2. The average molecular weight is 350 g/mol. The van der Waals surface area contributed by atoms with Crippen molar-refractivity contribution in [3.63, 3.8) is 0 Å². The number of aromatic nitrogens is 2. The first kappa shape index (κ1) is 17.0. The fourth-order valence-corrected chi connectivity index (χ4v) is 3.36. The molecule has 2 atom stereocenters. The number of hydrogen-bond donors (Lipinski definition) is 1. The lowest BCUT2D eigenvalue weighted by Crippen LogP contribution is -2.39. The lowest BCUT2D eigenvalue weighted by atomic mass is 9.92. The molecule has 0 saturated carbocycles. The van der Waals surface area contributed by atoms with E-state index in [1.54, 1.807) is 18.3 Å². The fourth-order valence-electron chi connectivity index (χ4n) is 3.20. The normalized spacial score (nSPS) is 18.3. The maximum Gasteiger partial charge on any atom is 0.224 e. The number of rotatable bonds is 4. The van der Waals surface area contributed by atoms with Crippen LogP contribution in [0.4, 0.5) is 4.39 Å². The van der Waals surface area contributed by atoms with Crippen LogP contribution in [0.5, 0.6) is 0 Å². The molecule has 2 heterocycles. The van der Waals surface area contributed by atoms with Gasteiger partial charge in [-0.25, -0.2) is 9.37 Å². The zero-order valence-electron chi connectivity index (χ0n) is 13.8. The van der Waals surface area contributed by atoms with Gasteiger partial charge in [0.25, 0.3) is 0 Å². The van der Waals surface area contributed by atoms with Gasteiger partial charge < -0.3 is 9.88 Å². The summed E-state index contributed by atoms with van der Waals surface area (Å²) in [5.41, 5.74) is 0.472. The quantitative estimate of drug-likeness (QED) is 0.913. The number of benzene rings is 1. The first-order valence-electron chi connectivity index (χ1n) is 8.21. The van der Waals surface area contributed by atoms with Gasteiger partial charge in [0.05, 0.1) is 6.04 Å². The number of carbonyl (C=O) groups excluding carboxylic acids is 1.